The van der Waals surface area contributed by atoms with Crippen molar-refractivity contribution < 1.29 is 14.6 Å². The fraction of sp³-hybridized carbons (Fsp3) is 0.240. The Morgan fingerprint density at radius 1 is 1.11 bits per heavy atom. The number of thiazole rings is 1. The van der Waals surface area contributed by atoms with Gasteiger partial charge in [0, 0.05) is 42.1 Å². The molecule has 11 heteroatoms. The Kier molecular flexibility index (Phi) is 5.69. The molecule has 2 aliphatic heterocycles. The Hall–Kier alpha value is -3.76. The highest BCUT2D eigenvalue weighted by Gasteiger charge is 2.39. The van der Waals surface area contributed by atoms with Crippen LogP contribution in [0, 0.1) is 0 Å². The Labute approximate surface area is 215 Å². The van der Waals surface area contributed by atoms with Crippen molar-refractivity contribution in [2.24, 2.45) is 0 Å². The number of aliphatic carboxylic acids is 1. The molecule has 2 aromatic heterocycles. The first-order valence-electron chi connectivity index (χ1n) is 11.5. The first kappa shape index (κ1) is 22.7. The van der Waals surface area contributed by atoms with Crippen LogP contribution >= 0.6 is 22.9 Å². The van der Waals surface area contributed by atoms with E-state index in [0.717, 1.165) is 68.2 Å². The number of hydrogen-bond acceptors (Lipinski definition) is 8. The van der Waals surface area contributed by atoms with Gasteiger partial charge in [-0.05, 0) is 29.0 Å². The van der Waals surface area contributed by atoms with Gasteiger partial charge in [-0.1, -0.05) is 59.3 Å². The first-order chi connectivity index (χ1) is 17.5. The van der Waals surface area contributed by atoms with Gasteiger partial charge in [0.05, 0.1) is 11.1 Å². The number of para-hydroxylation sites is 1. The molecule has 0 radical (unpaired) electrons. The van der Waals surface area contributed by atoms with E-state index >= 15 is 0 Å². The molecule has 1 saturated heterocycles. The summed E-state index contributed by atoms with van der Waals surface area (Å²) >= 11 is 8.05. The van der Waals surface area contributed by atoms with Gasteiger partial charge in [-0.25, -0.2) is 4.98 Å². The Balaban J connectivity index is 1.23. The second-order valence-electron chi connectivity index (χ2n) is 8.73. The van der Waals surface area contributed by atoms with Crippen molar-refractivity contribution in [3.63, 3.8) is 0 Å². The van der Waals surface area contributed by atoms with E-state index in [1.807, 2.05) is 36.4 Å². The SMILES string of the molecule is O=C(O)Cn1nnc(-c2cnc(N3CCC4(C=C(c5ccccc5Cl)c5ccccc5O4)CC3)s2)n1. The number of piperidine rings is 1. The van der Waals surface area contributed by atoms with Crippen LogP contribution in [0.4, 0.5) is 5.13 Å². The lowest BCUT2D eigenvalue weighted by molar-refractivity contribution is -0.138. The van der Waals surface area contributed by atoms with E-state index in [-0.39, 0.29) is 6.54 Å². The van der Waals surface area contributed by atoms with Crippen LogP contribution < -0.4 is 9.64 Å². The van der Waals surface area contributed by atoms with E-state index in [4.69, 9.17) is 21.4 Å². The molecule has 0 atom stereocenters. The molecule has 4 heterocycles. The average molecular weight is 521 g/mol. The van der Waals surface area contributed by atoms with E-state index < -0.39 is 11.6 Å². The van der Waals surface area contributed by atoms with Gasteiger partial charge in [0.1, 0.15) is 11.4 Å². The smallest absolute Gasteiger partial charge is 0.327 e. The molecule has 1 spiro atoms. The van der Waals surface area contributed by atoms with Crippen molar-refractivity contribution in [2.75, 3.05) is 18.0 Å². The van der Waals surface area contributed by atoms with Crippen LogP contribution in [0.15, 0.2) is 60.8 Å². The van der Waals surface area contributed by atoms with Gasteiger partial charge in [0.25, 0.3) is 0 Å². The molecule has 36 heavy (non-hydrogen) atoms. The number of hydrogen-bond donors (Lipinski definition) is 1. The minimum absolute atomic E-state index is 0.334. The van der Waals surface area contributed by atoms with Crippen molar-refractivity contribution >= 4 is 39.6 Å². The second-order valence-corrected chi connectivity index (χ2v) is 10.1. The summed E-state index contributed by atoms with van der Waals surface area (Å²) in [4.78, 5) is 19.5. The molecule has 0 bridgehead atoms. The third kappa shape index (κ3) is 4.22. The number of carboxylic acid groups (broad SMARTS) is 1. The van der Waals surface area contributed by atoms with E-state index in [9.17, 15) is 4.79 Å². The molecule has 1 N–H and O–H groups in total. The molecular formula is C25H21ClN6O3S. The Bertz CT molecular complexity index is 1470. The summed E-state index contributed by atoms with van der Waals surface area (Å²) < 4.78 is 6.60. The predicted molar refractivity (Wildman–Crippen MR) is 136 cm³/mol. The third-order valence-electron chi connectivity index (χ3n) is 6.39. The normalized spacial score (nSPS) is 16.4. The van der Waals surface area contributed by atoms with Gasteiger partial charge in [0.15, 0.2) is 11.7 Å². The monoisotopic (exact) mass is 520 g/mol. The van der Waals surface area contributed by atoms with Crippen LogP contribution in [0.2, 0.25) is 5.02 Å². The number of tetrazole rings is 1. The number of rotatable bonds is 5. The van der Waals surface area contributed by atoms with Gasteiger partial charge < -0.3 is 14.7 Å². The quantitative estimate of drug-likeness (QED) is 0.413. The number of halogens is 1. The van der Waals surface area contributed by atoms with Gasteiger partial charge >= 0.3 is 5.97 Å². The lowest BCUT2D eigenvalue weighted by Gasteiger charge is -2.43. The zero-order valence-electron chi connectivity index (χ0n) is 19.0. The zero-order chi connectivity index (χ0) is 24.7. The standard InChI is InChI=1S/C25H21ClN6O3S/c26-19-7-3-1-5-16(19)18-13-25(35-20-8-4-2-6-17(18)20)9-11-31(12-10-25)24-27-14-21(36-24)23-28-30-32(29-23)15-22(33)34/h1-8,13-14H,9-12,15H2,(H,33,34). The molecule has 4 aromatic rings. The topological polar surface area (TPSA) is 106 Å². The minimum Gasteiger partial charge on any atom is -0.482 e. The molecule has 1 fully saturated rings. The molecule has 6 rings (SSSR count). The van der Waals surface area contributed by atoms with Gasteiger partial charge in [-0.2, -0.15) is 4.80 Å². The highest BCUT2D eigenvalue weighted by molar-refractivity contribution is 7.18. The van der Waals surface area contributed by atoms with Gasteiger partial charge in [0.2, 0.25) is 5.82 Å². The molecule has 0 amide bonds. The van der Waals surface area contributed by atoms with Crippen LogP contribution in [0.25, 0.3) is 16.3 Å². The largest absolute Gasteiger partial charge is 0.482 e. The summed E-state index contributed by atoms with van der Waals surface area (Å²) in [5.74, 6) is 0.217. The fourth-order valence-electron chi connectivity index (χ4n) is 4.64. The predicted octanol–water partition coefficient (Wildman–Crippen LogP) is 4.40. The van der Waals surface area contributed by atoms with Crippen molar-refractivity contribution in [2.45, 2.75) is 25.0 Å². The Morgan fingerprint density at radius 3 is 2.64 bits per heavy atom. The second kappa shape index (κ2) is 9.03. The van der Waals surface area contributed by atoms with E-state index in [2.05, 4.69) is 43.5 Å². The highest BCUT2D eigenvalue weighted by atomic mass is 35.5. The number of benzene rings is 2. The molecule has 0 aliphatic carbocycles. The van der Waals surface area contributed by atoms with Crippen LogP contribution in [0.5, 0.6) is 5.75 Å². The molecular weight excluding hydrogens is 500 g/mol. The first-order valence-corrected chi connectivity index (χ1v) is 12.7. The maximum absolute atomic E-state index is 10.9. The van der Waals surface area contributed by atoms with Crippen molar-refractivity contribution in [3.8, 4) is 16.5 Å². The summed E-state index contributed by atoms with van der Waals surface area (Å²) in [5, 5.41) is 22.4. The number of carbonyl (C=O) groups is 1. The molecule has 0 saturated carbocycles. The lowest BCUT2D eigenvalue weighted by atomic mass is 9.83. The van der Waals surface area contributed by atoms with Gasteiger partial charge in [-0.3, -0.25) is 4.79 Å². The van der Waals surface area contributed by atoms with E-state index in [0.29, 0.717) is 5.82 Å². The van der Waals surface area contributed by atoms with Crippen molar-refractivity contribution in [3.05, 3.63) is 77.0 Å². The van der Waals surface area contributed by atoms with Crippen molar-refractivity contribution in [1.29, 1.82) is 0 Å². The molecule has 0 unspecified atom stereocenters. The van der Waals surface area contributed by atoms with Crippen molar-refractivity contribution in [1.82, 2.24) is 25.2 Å². The summed E-state index contributed by atoms with van der Waals surface area (Å²) in [7, 11) is 0. The summed E-state index contributed by atoms with van der Waals surface area (Å²) in [5.41, 5.74) is 2.72. The fourth-order valence-corrected chi connectivity index (χ4v) is 5.77. The maximum atomic E-state index is 10.9. The zero-order valence-corrected chi connectivity index (χ0v) is 20.6. The van der Waals surface area contributed by atoms with E-state index in [1.54, 1.807) is 6.20 Å². The summed E-state index contributed by atoms with van der Waals surface area (Å²) in [6, 6.07) is 16.0. The average Bonchev–Trinajstić information content (AvgIpc) is 3.54. The number of aromatic nitrogens is 5. The number of carboxylic acids is 1. The summed E-state index contributed by atoms with van der Waals surface area (Å²) in [6.45, 7) is 1.20. The van der Waals surface area contributed by atoms with Crippen LogP contribution in [0.3, 0.4) is 0 Å². The van der Waals surface area contributed by atoms with Crippen LogP contribution in [0.1, 0.15) is 24.0 Å². The minimum atomic E-state index is -1.02. The number of fused-ring (bicyclic) bond motifs is 1. The lowest BCUT2D eigenvalue weighted by Crippen LogP contribution is -2.48. The number of nitrogens with zero attached hydrogens (tertiary/aromatic N) is 6. The molecule has 2 aromatic carbocycles. The number of ether oxygens (including phenoxy) is 1. The maximum Gasteiger partial charge on any atom is 0.327 e. The Morgan fingerprint density at radius 2 is 1.86 bits per heavy atom. The molecule has 182 valence electrons. The summed E-state index contributed by atoms with van der Waals surface area (Å²) in [6.07, 6.45) is 5.52. The number of anilines is 1. The molecule has 9 nitrogen and oxygen atoms in total. The van der Waals surface area contributed by atoms with Crippen LogP contribution in [-0.2, 0) is 11.3 Å². The third-order valence-corrected chi connectivity index (χ3v) is 7.77. The van der Waals surface area contributed by atoms with Crippen LogP contribution in [-0.4, -0.2) is 55.0 Å². The molecule has 2 aliphatic rings. The highest BCUT2D eigenvalue weighted by Crippen LogP contribution is 2.45. The van der Waals surface area contributed by atoms with Gasteiger partial charge in [-0.15, -0.1) is 10.2 Å². The van der Waals surface area contributed by atoms with E-state index in [1.165, 1.54) is 11.3 Å².